The third kappa shape index (κ3) is 4.98. The quantitative estimate of drug-likeness (QED) is 0.861. The summed E-state index contributed by atoms with van der Waals surface area (Å²) < 4.78 is 0. The average molecular weight is 263 g/mol. The van der Waals surface area contributed by atoms with Crippen molar-refractivity contribution in [2.75, 3.05) is 0 Å². The molecule has 1 aliphatic rings. The SMILES string of the molecule is CC(C)(C)NCc1cnc(C2CCCCCCC2)[nH]1. The van der Waals surface area contributed by atoms with Crippen molar-refractivity contribution < 1.29 is 0 Å². The molecule has 0 amide bonds. The minimum Gasteiger partial charge on any atom is -0.345 e. The Morgan fingerprint density at radius 1 is 1.16 bits per heavy atom. The minimum atomic E-state index is 0.158. The Morgan fingerprint density at radius 3 is 2.42 bits per heavy atom. The molecular weight excluding hydrogens is 234 g/mol. The minimum absolute atomic E-state index is 0.158. The van der Waals surface area contributed by atoms with Gasteiger partial charge in [-0.25, -0.2) is 4.98 Å². The van der Waals surface area contributed by atoms with Crippen LogP contribution in [0.3, 0.4) is 0 Å². The molecule has 1 aromatic heterocycles. The summed E-state index contributed by atoms with van der Waals surface area (Å²) >= 11 is 0. The molecule has 0 saturated heterocycles. The zero-order chi connectivity index (χ0) is 13.7. The molecule has 0 aliphatic heterocycles. The van der Waals surface area contributed by atoms with E-state index in [4.69, 9.17) is 0 Å². The second-order valence-corrected chi connectivity index (χ2v) is 6.94. The summed E-state index contributed by atoms with van der Waals surface area (Å²) in [7, 11) is 0. The van der Waals surface area contributed by atoms with E-state index >= 15 is 0 Å². The highest BCUT2D eigenvalue weighted by atomic mass is 15.0. The zero-order valence-corrected chi connectivity index (χ0v) is 12.8. The van der Waals surface area contributed by atoms with E-state index in [1.165, 1.54) is 56.5 Å². The maximum absolute atomic E-state index is 4.62. The second kappa shape index (κ2) is 6.56. The molecule has 1 heterocycles. The monoisotopic (exact) mass is 263 g/mol. The fourth-order valence-electron chi connectivity index (χ4n) is 2.76. The molecule has 3 heteroatoms. The molecule has 2 rings (SSSR count). The molecule has 1 aromatic rings. The molecular formula is C16H29N3. The fourth-order valence-corrected chi connectivity index (χ4v) is 2.76. The summed E-state index contributed by atoms with van der Waals surface area (Å²) in [6.07, 6.45) is 11.6. The number of hydrogen-bond donors (Lipinski definition) is 2. The van der Waals surface area contributed by atoms with Gasteiger partial charge >= 0.3 is 0 Å². The van der Waals surface area contributed by atoms with Crippen molar-refractivity contribution in [1.29, 1.82) is 0 Å². The van der Waals surface area contributed by atoms with Crippen molar-refractivity contribution in [3.8, 4) is 0 Å². The van der Waals surface area contributed by atoms with E-state index in [0.717, 1.165) is 6.54 Å². The summed E-state index contributed by atoms with van der Waals surface area (Å²) in [6, 6.07) is 0. The van der Waals surface area contributed by atoms with Gasteiger partial charge in [0, 0.05) is 29.9 Å². The van der Waals surface area contributed by atoms with Gasteiger partial charge in [0.05, 0.1) is 0 Å². The summed E-state index contributed by atoms with van der Waals surface area (Å²) in [5, 5.41) is 3.51. The van der Waals surface area contributed by atoms with Crippen LogP contribution < -0.4 is 5.32 Å². The van der Waals surface area contributed by atoms with Crippen LogP contribution in [0.2, 0.25) is 0 Å². The second-order valence-electron chi connectivity index (χ2n) is 6.94. The van der Waals surface area contributed by atoms with Gasteiger partial charge in [-0.05, 0) is 33.6 Å². The van der Waals surface area contributed by atoms with Gasteiger partial charge in [0.25, 0.3) is 0 Å². The largest absolute Gasteiger partial charge is 0.345 e. The van der Waals surface area contributed by atoms with Crippen molar-refractivity contribution in [2.24, 2.45) is 0 Å². The first-order valence-corrected chi connectivity index (χ1v) is 7.83. The normalized spacial score (nSPS) is 19.1. The van der Waals surface area contributed by atoms with Crippen LogP contribution in [0.4, 0.5) is 0 Å². The van der Waals surface area contributed by atoms with E-state index in [1.807, 2.05) is 6.20 Å². The van der Waals surface area contributed by atoms with Crippen LogP contribution in [0.1, 0.15) is 83.2 Å². The van der Waals surface area contributed by atoms with Crippen molar-refractivity contribution in [3.05, 3.63) is 17.7 Å². The number of nitrogens with zero attached hydrogens (tertiary/aromatic N) is 1. The summed E-state index contributed by atoms with van der Waals surface area (Å²) in [5.41, 5.74) is 1.37. The number of hydrogen-bond acceptors (Lipinski definition) is 2. The lowest BCUT2D eigenvalue weighted by molar-refractivity contribution is 0.420. The number of aromatic amines is 1. The van der Waals surface area contributed by atoms with Gasteiger partial charge in [-0.1, -0.05) is 32.1 Å². The van der Waals surface area contributed by atoms with E-state index < -0.39 is 0 Å². The highest BCUT2D eigenvalue weighted by molar-refractivity contribution is 5.06. The van der Waals surface area contributed by atoms with E-state index in [-0.39, 0.29) is 5.54 Å². The Labute approximate surface area is 117 Å². The molecule has 0 spiro atoms. The number of aromatic nitrogens is 2. The average Bonchev–Trinajstić information content (AvgIpc) is 2.73. The van der Waals surface area contributed by atoms with Gasteiger partial charge < -0.3 is 10.3 Å². The molecule has 0 radical (unpaired) electrons. The lowest BCUT2D eigenvalue weighted by Gasteiger charge is -2.20. The highest BCUT2D eigenvalue weighted by Crippen LogP contribution is 2.29. The molecule has 3 nitrogen and oxygen atoms in total. The van der Waals surface area contributed by atoms with Crippen LogP contribution in [0, 0.1) is 0 Å². The molecule has 19 heavy (non-hydrogen) atoms. The molecule has 1 fully saturated rings. The third-order valence-electron chi connectivity index (χ3n) is 3.95. The Hall–Kier alpha value is -0.830. The molecule has 0 bridgehead atoms. The van der Waals surface area contributed by atoms with Crippen LogP contribution in [0.5, 0.6) is 0 Å². The summed E-state index contributed by atoms with van der Waals surface area (Å²) in [5.74, 6) is 1.87. The van der Waals surface area contributed by atoms with Gasteiger partial charge in [0.2, 0.25) is 0 Å². The van der Waals surface area contributed by atoms with Gasteiger partial charge in [0.15, 0.2) is 0 Å². The maximum atomic E-state index is 4.62. The number of H-pyrrole nitrogens is 1. The van der Waals surface area contributed by atoms with E-state index in [1.54, 1.807) is 0 Å². The van der Waals surface area contributed by atoms with Crippen molar-refractivity contribution in [3.63, 3.8) is 0 Å². The molecule has 2 N–H and O–H groups in total. The Kier molecular flexibility index (Phi) is 5.03. The Bertz CT molecular complexity index is 368. The predicted octanol–water partition coefficient (Wildman–Crippen LogP) is 4.13. The van der Waals surface area contributed by atoms with Gasteiger partial charge in [-0.15, -0.1) is 0 Å². The third-order valence-corrected chi connectivity index (χ3v) is 3.95. The van der Waals surface area contributed by atoms with Gasteiger partial charge in [-0.2, -0.15) is 0 Å². The smallest absolute Gasteiger partial charge is 0.109 e. The first-order chi connectivity index (χ1) is 9.04. The highest BCUT2D eigenvalue weighted by Gasteiger charge is 2.17. The molecule has 0 aromatic carbocycles. The van der Waals surface area contributed by atoms with Crippen LogP contribution >= 0.6 is 0 Å². The predicted molar refractivity (Wildman–Crippen MR) is 80.2 cm³/mol. The zero-order valence-electron chi connectivity index (χ0n) is 12.8. The fraction of sp³-hybridized carbons (Fsp3) is 0.812. The lowest BCUT2D eigenvalue weighted by atomic mass is 9.91. The van der Waals surface area contributed by atoms with E-state index in [9.17, 15) is 0 Å². The Balaban J connectivity index is 1.91. The van der Waals surface area contributed by atoms with Crippen LogP contribution in [0.25, 0.3) is 0 Å². The Morgan fingerprint density at radius 2 is 1.79 bits per heavy atom. The lowest BCUT2D eigenvalue weighted by Crippen LogP contribution is -2.35. The van der Waals surface area contributed by atoms with Crippen LogP contribution in [-0.4, -0.2) is 15.5 Å². The number of rotatable bonds is 3. The van der Waals surface area contributed by atoms with Crippen molar-refractivity contribution in [1.82, 2.24) is 15.3 Å². The molecule has 0 atom stereocenters. The topological polar surface area (TPSA) is 40.7 Å². The summed E-state index contributed by atoms with van der Waals surface area (Å²) in [4.78, 5) is 8.15. The summed E-state index contributed by atoms with van der Waals surface area (Å²) in [6.45, 7) is 7.46. The van der Waals surface area contributed by atoms with Crippen molar-refractivity contribution in [2.45, 2.75) is 83.7 Å². The van der Waals surface area contributed by atoms with E-state index in [2.05, 4.69) is 36.1 Å². The standard InChI is InChI=1S/C16H29N3/c1-16(2,3)18-12-14-11-17-15(19-14)13-9-7-5-4-6-8-10-13/h11,13,18H,4-10,12H2,1-3H3,(H,17,19). The van der Waals surface area contributed by atoms with Crippen LogP contribution in [0.15, 0.2) is 6.20 Å². The number of imidazole rings is 1. The first-order valence-electron chi connectivity index (χ1n) is 7.83. The van der Waals surface area contributed by atoms with Gasteiger partial charge in [-0.3, -0.25) is 0 Å². The molecule has 1 saturated carbocycles. The molecule has 108 valence electrons. The van der Waals surface area contributed by atoms with Crippen molar-refractivity contribution >= 4 is 0 Å². The molecule has 0 unspecified atom stereocenters. The maximum Gasteiger partial charge on any atom is 0.109 e. The molecule has 1 aliphatic carbocycles. The van der Waals surface area contributed by atoms with E-state index in [0.29, 0.717) is 5.92 Å². The van der Waals surface area contributed by atoms with Crippen LogP contribution in [-0.2, 0) is 6.54 Å². The first kappa shape index (κ1) is 14.6. The van der Waals surface area contributed by atoms with Gasteiger partial charge in [0.1, 0.15) is 5.82 Å². The number of nitrogens with one attached hydrogen (secondary N) is 2.